The molecule has 1 amide bonds. The molecule has 0 unspecified atom stereocenters. The van der Waals surface area contributed by atoms with Crippen molar-refractivity contribution in [2.75, 3.05) is 44.7 Å². The van der Waals surface area contributed by atoms with Crippen LogP contribution in [0.4, 0.5) is 5.82 Å². The standard InChI is InChI=1S/C15H21N5OS.2ClH/c1-16-5-2-3-13(21)19-6-8-20(9-7-19)15-14-12(4-10-22-14)17-11-18-15;;/h4,10-11,16H,2-3,5-9H2,1H3;2*1H. The number of hydrogen-bond acceptors (Lipinski definition) is 6. The molecule has 24 heavy (non-hydrogen) atoms. The smallest absolute Gasteiger partial charge is 0.222 e. The predicted octanol–water partition coefficient (Wildman–Crippen LogP) is 2.18. The molecule has 3 heterocycles. The Labute approximate surface area is 158 Å². The zero-order valence-electron chi connectivity index (χ0n) is 13.6. The van der Waals surface area contributed by atoms with Gasteiger partial charge in [-0.05, 0) is 31.5 Å². The zero-order valence-corrected chi connectivity index (χ0v) is 16.1. The van der Waals surface area contributed by atoms with E-state index in [2.05, 4.69) is 20.2 Å². The lowest BCUT2D eigenvalue weighted by Crippen LogP contribution is -2.49. The number of carbonyl (C=O) groups is 1. The van der Waals surface area contributed by atoms with E-state index in [0.29, 0.717) is 6.42 Å². The minimum absolute atomic E-state index is 0. The molecule has 1 saturated heterocycles. The maximum Gasteiger partial charge on any atom is 0.222 e. The van der Waals surface area contributed by atoms with Crippen LogP contribution in [0.1, 0.15) is 12.8 Å². The average molecular weight is 392 g/mol. The SMILES string of the molecule is CNCCCC(=O)N1CCN(c2ncnc3ccsc23)CC1.Cl.Cl. The number of piperazine rings is 1. The maximum absolute atomic E-state index is 12.1. The Hall–Kier alpha value is -1.15. The molecule has 0 saturated carbocycles. The van der Waals surface area contributed by atoms with E-state index in [-0.39, 0.29) is 30.7 Å². The first-order valence-electron chi connectivity index (χ1n) is 7.65. The quantitative estimate of drug-likeness (QED) is 0.791. The number of hydrogen-bond donors (Lipinski definition) is 1. The van der Waals surface area contributed by atoms with E-state index in [4.69, 9.17) is 0 Å². The van der Waals surface area contributed by atoms with Crippen molar-refractivity contribution in [3.8, 4) is 0 Å². The minimum Gasteiger partial charge on any atom is -0.352 e. The molecule has 2 aromatic rings. The van der Waals surface area contributed by atoms with Gasteiger partial charge in [0.25, 0.3) is 0 Å². The molecule has 3 rings (SSSR count). The highest BCUT2D eigenvalue weighted by Gasteiger charge is 2.23. The van der Waals surface area contributed by atoms with Crippen LogP contribution in [-0.4, -0.2) is 60.5 Å². The number of nitrogens with one attached hydrogen (secondary N) is 1. The van der Waals surface area contributed by atoms with E-state index in [1.807, 2.05) is 23.4 Å². The van der Waals surface area contributed by atoms with Gasteiger partial charge in [0, 0.05) is 32.6 Å². The van der Waals surface area contributed by atoms with Crippen LogP contribution >= 0.6 is 36.2 Å². The first kappa shape index (κ1) is 20.9. The topological polar surface area (TPSA) is 61.4 Å². The molecule has 9 heteroatoms. The predicted molar refractivity (Wildman–Crippen MR) is 104 cm³/mol. The lowest BCUT2D eigenvalue weighted by molar-refractivity contribution is -0.131. The summed E-state index contributed by atoms with van der Waals surface area (Å²) in [5.41, 5.74) is 1.00. The van der Waals surface area contributed by atoms with E-state index < -0.39 is 0 Å². The number of aromatic nitrogens is 2. The zero-order chi connectivity index (χ0) is 15.4. The Morgan fingerprint density at radius 1 is 1.25 bits per heavy atom. The molecule has 0 radical (unpaired) electrons. The Morgan fingerprint density at radius 3 is 2.71 bits per heavy atom. The van der Waals surface area contributed by atoms with Crippen LogP contribution in [0, 0.1) is 0 Å². The summed E-state index contributed by atoms with van der Waals surface area (Å²) in [7, 11) is 1.91. The summed E-state index contributed by atoms with van der Waals surface area (Å²) in [5, 5.41) is 5.12. The molecule has 134 valence electrons. The molecule has 0 atom stereocenters. The van der Waals surface area contributed by atoms with Crippen molar-refractivity contribution in [2.24, 2.45) is 0 Å². The molecular weight excluding hydrogens is 369 g/mol. The van der Waals surface area contributed by atoms with Crippen molar-refractivity contribution < 1.29 is 4.79 Å². The molecule has 6 nitrogen and oxygen atoms in total. The first-order valence-corrected chi connectivity index (χ1v) is 8.53. The molecule has 0 aliphatic carbocycles. The second-order valence-corrected chi connectivity index (χ2v) is 6.32. The summed E-state index contributed by atoms with van der Waals surface area (Å²) in [6.45, 7) is 4.11. The third-order valence-corrected chi connectivity index (χ3v) is 4.87. The summed E-state index contributed by atoms with van der Waals surface area (Å²) in [6.07, 6.45) is 3.15. The van der Waals surface area contributed by atoms with Gasteiger partial charge in [-0.1, -0.05) is 0 Å². The van der Waals surface area contributed by atoms with Crippen LogP contribution in [0.3, 0.4) is 0 Å². The van der Waals surface area contributed by atoms with E-state index in [9.17, 15) is 4.79 Å². The maximum atomic E-state index is 12.1. The second kappa shape index (κ2) is 9.98. The first-order chi connectivity index (χ1) is 10.8. The number of nitrogens with zero attached hydrogens (tertiary/aromatic N) is 4. The van der Waals surface area contributed by atoms with E-state index in [0.717, 1.165) is 55.2 Å². The van der Waals surface area contributed by atoms with E-state index in [1.165, 1.54) is 0 Å². The fourth-order valence-corrected chi connectivity index (χ4v) is 3.61. The number of fused-ring (bicyclic) bond motifs is 1. The van der Waals surface area contributed by atoms with Crippen LogP contribution in [0.15, 0.2) is 17.8 Å². The van der Waals surface area contributed by atoms with Crippen molar-refractivity contribution >= 4 is 58.1 Å². The monoisotopic (exact) mass is 391 g/mol. The van der Waals surface area contributed by atoms with Crippen molar-refractivity contribution in [3.63, 3.8) is 0 Å². The molecule has 1 N–H and O–H groups in total. The van der Waals surface area contributed by atoms with Crippen molar-refractivity contribution in [3.05, 3.63) is 17.8 Å². The molecule has 0 spiro atoms. The molecule has 2 aromatic heterocycles. The number of anilines is 1. The summed E-state index contributed by atoms with van der Waals surface area (Å²) in [6, 6.07) is 2.02. The van der Waals surface area contributed by atoms with Gasteiger partial charge in [0.1, 0.15) is 12.1 Å². The van der Waals surface area contributed by atoms with Crippen LogP contribution in [0.5, 0.6) is 0 Å². The Bertz CT molecular complexity index is 646. The largest absolute Gasteiger partial charge is 0.352 e. The summed E-state index contributed by atoms with van der Waals surface area (Å²) in [4.78, 5) is 25.1. The highest BCUT2D eigenvalue weighted by atomic mass is 35.5. The fourth-order valence-electron chi connectivity index (χ4n) is 2.74. The van der Waals surface area contributed by atoms with Gasteiger partial charge in [0.05, 0.1) is 10.2 Å². The van der Waals surface area contributed by atoms with Gasteiger partial charge in [-0.25, -0.2) is 9.97 Å². The normalized spacial score (nSPS) is 14.2. The molecule has 1 aliphatic rings. The summed E-state index contributed by atoms with van der Waals surface area (Å²) >= 11 is 1.67. The third-order valence-electron chi connectivity index (χ3n) is 3.97. The summed E-state index contributed by atoms with van der Waals surface area (Å²) < 4.78 is 1.14. The molecule has 1 fully saturated rings. The number of thiophene rings is 1. The van der Waals surface area contributed by atoms with Gasteiger partial charge in [-0.15, -0.1) is 36.2 Å². The minimum atomic E-state index is 0. The van der Waals surface area contributed by atoms with Crippen LogP contribution in [0.2, 0.25) is 0 Å². The molecule has 0 bridgehead atoms. The van der Waals surface area contributed by atoms with Gasteiger partial charge in [0.15, 0.2) is 0 Å². The average Bonchev–Trinajstić information content (AvgIpc) is 3.04. The van der Waals surface area contributed by atoms with E-state index in [1.54, 1.807) is 17.7 Å². The van der Waals surface area contributed by atoms with Crippen LogP contribution in [0.25, 0.3) is 10.2 Å². The lowest BCUT2D eigenvalue weighted by atomic mass is 10.2. The third kappa shape index (κ3) is 4.69. The van der Waals surface area contributed by atoms with Crippen molar-refractivity contribution in [2.45, 2.75) is 12.8 Å². The summed E-state index contributed by atoms with van der Waals surface area (Å²) in [5.74, 6) is 1.26. The van der Waals surface area contributed by atoms with Gasteiger partial charge >= 0.3 is 0 Å². The van der Waals surface area contributed by atoms with Gasteiger partial charge < -0.3 is 15.1 Å². The number of rotatable bonds is 5. The Balaban J connectivity index is 0.00000144. The molecule has 0 aromatic carbocycles. The number of halogens is 2. The Kier molecular flexibility index (Phi) is 8.69. The second-order valence-electron chi connectivity index (χ2n) is 5.41. The highest BCUT2D eigenvalue weighted by molar-refractivity contribution is 7.17. The van der Waals surface area contributed by atoms with Gasteiger partial charge in [-0.2, -0.15) is 0 Å². The fraction of sp³-hybridized carbons (Fsp3) is 0.533. The van der Waals surface area contributed by atoms with Crippen LogP contribution in [-0.2, 0) is 4.79 Å². The van der Waals surface area contributed by atoms with Crippen molar-refractivity contribution in [1.82, 2.24) is 20.2 Å². The number of amides is 1. The van der Waals surface area contributed by atoms with Gasteiger partial charge in [-0.3, -0.25) is 4.79 Å². The van der Waals surface area contributed by atoms with E-state index >= 15 is 0 Å². The van der Waals surface area contributed by atoms with Crippen LogP contribution < -0.4 is 10.2 Å². The lowest BCUT2D eigenvalue weighted by Gasteiger charge is -2.35. The van der Waals surface area contributed by atoms with Crippen molar-refractivity contribution in [1.29, 1.82) is 0 Å². The van der Waals surface area contributed by atoms with Gasteiger partial charge in [0.2, 0.25) is 5.91 Å². The number of carbonyl (C=O) groups excluding carboxylic acids is 1. The molecule has 1 aliphatic heterocycles. The molecular formula is C15H23Cl2N5OS. The Morgan fingerprint density at radius 2 is 2.00 bits per heavy atom. The highest BCUT2D eigenvalue weighted by Crippen LogP contribution is 2.28.